The number of nitrogens with one attached hydrogen (secondary N) is 1. The predicted molar refractivity (Wildman–Crippen MR) is 121 cm³/mol. The van der Waals surface area contributed by atoms with Crippen molar-refractivity contribution in [1.82, 2.24) is 4.72 Å². The van der Waals surface area contributed by atoms with E-state index in [0.717, 1.165) is 16.8 Å². The topological polar surface area (TPSA) is 66.5 Å². The molecule has 0 aliphatic carbocycles. The predicted octanol–water partition coefficient (Wildman–Crippen LogP) is 4.50. The smallest absolute Gasteiger partial charge is 0.240 e. The van der Waals surface area contributed by atoms with Gasteiger partial charge in [0.15, 0.2) is 0 Å². The molecule has 1 aliphatic rings. The number of rotatable bonds is 8. The fourth-order valence-corrected chi connectivity index (χ4v) is 5.78. The molecule has 1 N–H and O–H groups in total. The van der Waals surface area contributed by atoms with E-state index in [0.29, 0.717) is 47.5 Å². The second kappa shape index (κ2) is 9.71. The van der Waals surface area contributed by atoms with Gasteiger partial charge in [-0.05, 0) is 47.9 Å². The van der Waals surface area contributed by atoms with Crippen molar-refractivity contribution in [3.63, 3.8) is 0 Å². The highest BCUT2D eigenvalue weighted by Crippen LogP contribution is 2.30. The summed E-state index contributed by atoms with van der Waals surface area (Å²) in [6.07, 6.45) is 1.10. The number of nitrogens with zero attached hydrogens (tertiary/aromatic N) is 1. The Hall–Kier alpha value is -1.25. The lowest BCUT2D eigenvalue weighted by Crippen LogP contribution is -2.28. The second-order valence-corrected chi connectivity index (χ2v) is 10.3. The zero-order chi connectivity index (χ0) is 21.0. The first-order valence-electron chi connectivity index (χ1n) is 9.26. The molecule has 3 rings (SSSR count). The summed E-state index contributed by atoms with van der Waals surface area (Å²) in [6, 6.07) is 10.3. The van der Waals surface area contributed by atoms with Crippen LogP contribution >= 0.6 is 35.0 Å². The van der Waals surface area contributed by atoms with Gasteiger partial charge in [-0.3, -0.25) is 4.79 Å². The summed E-state index contributed by atoms with van der Waals surface area (Å²) in [7, 11) is -3.59. The van der Waals surface area contributed by atoms with E-state index in [1.807, 2.05) is 13.0 Å². The number of sulfonamides is 1. The Morgan fingerprint density at radius 1 is 1.21 bits per heavy atom. The lowest BCUT2D eigenvalue weighted by Gasteiger charge is -2.16. The van der Waals surface area contributed by atoms with Crippen LogP contribution in [0.5, 0.6) is 0 Å². The molecule has 0 fully saturated rings. The summed E-state index contributed by atoms with van der Waals surface area (Å²) >= 11 is 13.6. The Kier molecular flexibility index (Phi) is 7.51. The summed E-state index contributed by atoms with van der Waals surface area (Å²) in [5.74, 6) is 1.34. The molecule has 5 nitrogen and oxygen atoms in total. The SMILES string of the molecule is CCC(=O)N1CCc2cc(S(=O)(=O)NCCSCc3ccc(Cl)cc3Cl)ccc21. The van der Waals surface area contributed by atoms with Crippen LogP contribution in [0.2, 0.25) is 10.0 Å². The van der Waals surface area contributed by atoms with Crippen molar-refractivity contribution in [3.8, 4) is 0 Å². The van der Waals surface area contributed by atoms with E-state index in [4.69, 9.17) is 23.2 Å². The van der Waals surface area contributed by atoms with E-state index in [2.05, 4.69) is 4.72 Å². The molecule has 29 heavy (non-hydrogen) atoms. The molecule has 1 aliphatic heterocycles. The molecule has 9 heteroatoms. The summed E-state index contributed by atoms with van der Waals surface area (Å²) in [5, 5.41) is 1.20. The van der Waals surface area contributed by atoms with Crippen molar-refractivity contribution >= 4 is 56.6 Å². The number of halogens is 2. The summed E-state index contributed by atoms with van der Waals surface area (Å²) in [5.41, 5.74) is 2.67. The first-order chi connectivity index (χ1) is 13.8. The Balaban J connectivity index is 1.54. The summed E-state index contributed by atoms with van der Waals surface area (Å²) in [6.45, 7) is 2.74. The molecule has 0 aromatic heterocycles. The maximum atomic E-state index is 12.6. The molecular weight excluding hydrogens is 451 g/mol. The molecule has 0 bridgehead atoms. The molecule has 2 aromatic carbocycles. The third kappa shape index (κ3) is 5.47. The molecule has 0 saturated carbocycles. The summed E-state index contributed by atoms with van der Waals surface area (Å²) in [4.78, 5) is 13.9. The maximum absolute atomic E-state index is 12.6. The van der Waals surface area contributed by atoms with Crippen LogP contribution in [0.25, 0.3) is 0 Å². The van der Waals surface area contributed by atoms with E-state index >= 15 is 0 Å². The number of carbonyl (C=O) groups excluding carboxylic acids is 1. The van der Waals surface area contributed by atoms with Gasteiger partial charge in [0.05, 0.1) is 4.90 Å². The van der Waals surface area contributed by atoms with Crippen molar-refractivity contribution in [2.75, 3.05) is 23.7 Å². The standard InChI is InChI=1S/C20H22Cl2N2O3S2/c1-2-20(25)24-9-7-14-11-17(5-6-19(14)24)29(26,27)23-8-10-28-13-15-3-4-16(21)12-18(15)22/h3-6,11-12,23H,2,7-10,13H2,1H3. The molecule has 156 valence electrons. The van der Waals surface area contributed by atoms with Crippen LogP contribution in [0.15, 0.2) is 41.3 Å². The molecule has 0 spiro atoms. The van der Waals surface area contributed by atoms with Crippen molar-refractivity contribution < 1.29 is 13.2 Å². The molecular formula is C20H22Cl2N2O3S2. The largest absolute Gasteiger partial charge is 0.312 e. The number of amides is 1. The zero-order valence-electron chi connectivity index (χ0n) is 16.0. The fraction of sp³-hybridized carbons (Fsp3) is 0.350. The van der Waals surface area contributed by atoms with Crippen LogP contribution in [0.1, 0.15) is 24.5 Å². The zero-order valence-corrected chi connectivity index (χ0v) is 19.1. The normalized spacial score (nSPS) is 13.6. The summed E-state index contributed by atoms with van der Waals surface area (Å²) < 4.78 is 27.8. The Morgan fingerprint density at radius 3 is 2.72 bits per heavy atom. The van der Waals surface area contributed by atoms with Crippen molar-refractivity contribution in [3.05, 3.63) is 57.6 Å². The fourth-order valence-electron chi connectivity index (χ4n) is 3.15. The van der Waals surface area contributed by atoms with Gasteiger partial charge < -0.3 is 4.90 Å². The second-order valence-electron chi connectivity index (χ2n) is 6.63. The van der Waals surface area contributed by atoms with E-state index in [1.54, 1.807) is 47.0 Å². The monoisotopic (exact) mass is 472 g/mol. The molecule has 0 atom stereocenters. The van der Waals surface area contributed by atoms with Gasteiger partial charge in [-0.2, -0.15) is 11.8 Å². The van der Waals surface area contributed by atoms with Gasteiger partial charge in [0.25, 0.3) is 0 Å². The molecule has 2 aromatic rings. The van der Waals surface area contributed by atoms with Crippen molar-refractivity contribution in [1.29, 1.82) is 0 Å². The average Bonchev–Trinajstić information content (AvgIpc) is 3.12. The van der Waals surface area contributed by atoms with E-state index in [9.17, 15) is 13.2 Å². The van der Waals surface area contributed by atoms with Crippen LogP contribution in [0.4, 0.5) is 5.69 Å². The van der Waals surface area contributed by atoms with Gasteiger partial charge in [-0.1, -0.05) is 36.2 Å². The van der Waals surface area contributed by atoms with Gasteiger partial charge in [0.1, 0.15) is 0 Å². The minimum Gasteiger partial charge on any atom is -0.312 e. The van der Waals surface area contributed by atoms with Crippen LogP contribution in [0, 0.1) is 0 Å². The Morgan fingerprint density at radius 2 is 2.00 bits per heavy atom. The van der Waals surface area contributed by atoms with Gasteiger partial charge in [0.2, 0.25) is 15.9 Å². The number of thioether (sulfide) groups is 1. The van der Waals surface area contributed by atoms with E-state index < -0.39 is 10.0 Å². The number of fused-ring (bicyclic) bond motifs is 1. The molecule has 1 amide bonds. The first kappa shape index (κ1) is 22.4. The molecule has 0 saturated heterocycles. The number of anilines is 1. The van der Waals surface area contributed by atoms with Crippen molar-refractivity contribution in [2.45, 2.75) is 30.4 Å². The number of benzene rings is 2. The van der Waals surface area contributed by atoms with Crippen LogP contribution in [-0.4, -0.2) is 33.2 Å². The van der Waals surface area contributed by atoms with E-state index in [-0.39, 0.29) is 10.8 Å². The van der Waals surface area contributed by atoms with Crippen molar-refractivity contribution in [2.24, 2.45) is 0 Å². The lowest BCUT2D eigenvalue weighted by molar-refractivity contribution is -0.118. The quantitative estimate of drug-likeness (QED) is 0.574. The molecule has 0 unspecified atom stereocenters. The van der Waals surface area contributed by atoms with Crippen LogP contribution in [0.3, 0.4) is 0 Å². The number of hydrogen-bond acceptors (Lipinski definition) is 4. The Bertz CT molecular complexity index is 1010. The molecule has 1 heterocycles. The minimum absolute atomic E-state index is 0.0512. The Labute approximate surface area is 185 Å². The highest BCUT2D eigenvalue weighted by molar-refractivity contribution is 7.98. The van der Waals surface area contributed by atoms with Crippen LogP contribution in [-0.2, 0) is 27.0 Å². The highest BCUT2D eigenvalue weighted by Gasteiger charge is 2.25. The third-order valence-electron chi connectivity index (χ3n) is 4.67. The van der Waals surface area contributed by atoms with Gasteiger partial charge in [0, 0.05) is 46.7 Å². The van der Waals surface area contributed by atoms with Crippen LogP contribution < -0.4 is 9.62 Å². The number of carbonyl (C=O) groups is 1. The van der Waals surface area contributed by atoms with Gasteiger partial charge in [-0.25, -0.2) is 13.1 Å². The minimum atomic E-state index is -3.59. The number of hydrogen-bond donors (Lipinski definition) is 1. The maximum Gasteiger partial charge on any atom is 0.240 e. The first-order valence-corrected chi connectivity index (χ1v) is 12.7. The highest BCUT2D eigenvalue weighted by atomic mass is 35.5. The lowest BCUT2D eigenvalue weighted by atomic mass is 10.2. The third-order valence-corrected chi connectivity index (χ3v) is 7.73. The van der Waals surface area contributed by atoms with Gasteiger partial charge in [-0.15, -0.1) is 0 Å². The van der Waals surface area contributed by atoms with Gasteiger partial charge >= 0.3 is 0 Å². The average molecular weight is 473 g/mol. The van der Waals surface area contributed by atoms with E-state index in [1.165, 1.54) is 0 Å². The molecule has 0 radical (unpaired) electrons.